The molecule has 0 aromatic rings. The van der Waals surface area contributed by atoms with Crippen LogP contribution in [0.15, 0.2) is 10.2 Å². The van der Waals surface area contributed by atoms with Crippen molar-refractivity contribution in [2.75, 3.05) is 0 Å². The van der Waals surface area contributed by atoms with E-state index in [4.69, 9.17) is 0 Å². The lowest BCUT2D eigenvalue weighted by Gasteiger charge is -2.03. The number of rotatable bonds is 12. The normalized spacial score (nSPS) is 12.2. The molecule has 23 heavy (non-hydrogen) atoms. The number of hydrazone groups is 2. The minimum absolute atomic E-state index is 0.0651. The van der Waals surface area contributed by atoms with Crippen LogP contribution in [0.5, 0.6) is 0 Å². The fourth-order valence-electron chi connectivity index (χ4n) is 2.01. The molecule has 0 aromatic carbocycles. The standard InChI is InChI=1S/C17H32N4O2/c1-5-10-14(3)18-20-16(22)12-8-7-9-13-17(23)21-19-15(4)11-6-2/h5-13H2,1-4H3,(H,20,22)(H,21,23)/b18-14-,19-15-. The van der Waals surface area contributed by atoms with E-state index in [1.165, 1.54) is 0 Å². The Morgan fingerprint density at radius 3 is 1.43 bits per heavy atom. The minimum Gasteiger partial charge on any atom is -0.273 e. The number of nitrogens with zero attached hydrogens (tertiary/aromatic N) is 2. The quantitative estimate of drug-likeness (QED) is 0.327. The molecule has 6 nitrogen and oxygen atoms in total. The average molecular weight is 324 g/mol. The third-order valence-corrected chi connectivity index (χ3v) is 3.27. The number of hydrogen-bond acceptors (Lipinski definition) is 4. The Balaban J connectivity index is 3.68. The zero-order valence-corrected chi connectivity index (χ0v) is 15.1. The van der Waals surface area contributed by atoms with Crippen molar-refractivity contribution in [1.82, 2.24) is 10.9 Å². The lowest BCUT2D eigenvalue weighted by molar-refractivity contribution is -0.121. The van der Waals surface area contributed by atoms with Crippen molar-refractivity contribution in [2.24, 2.45) is 10.2 Å². The van der Waals surface area contributed by atoms with Gasteiger partial charge in [-0.05, 0) is 39.5 Å². The highest BCUT2D eigenvalue weighted by molar-refractivity contribution is 5.84. The zero-order valence-electron chi connectivity index (χ0n) is 15.1. The summed E-state index contributed by atoms with van der Waals surface area (Å²) >= 11 is 0. The summed E-state index contributed by atoms with van der Waals surface area (Å²) in [6.07, 6.45) is 7.10. The van der Waals surface area contributed by atoms with Crippen molar-refractivity contribution in [3.8, 4) is 0 Å². The van der Waals surface area contributed by atoms with E-state index in [0.717, 1.165) is 56.4 Å². The van der Waals surface area contributed by atoms with E-state index < -0.39 is 0 Å². The van der Waals surface area contributed by atoms with Crippen LogP contribution in [0.2, 0.25) is 0 Å². The van der Waals surface area contributed by atoms with E-state index in [-0.39, 0.29) is 11.8 Å². The number of unbranched alkanes of at least 4 members (excludes halogenated alkanes) is 2. The molecule has 0 spiro atoms. The Labute approximate surface area is 140 Å². The fraction of sp³-hybridized carbons (Fsp3) is 0.765. The summed E-state index contributed by atoms with van der Waals surface area (Å²) in [4.78, 5) is 23.1. The molecule has 0 heterocycles. The highest BCUT2D eigenvalue weighted by atomic mass is 16.2. The van der Waals surface area contributed by atoms with Gasteiger partial charge in [0.05, 0.1) is 0 Å². The number of hydrogen-bond donors (Lipinski definition) is 2. The van der Waals surface area contributed by atoms with E-state index in [1.807, 2.05) is 13.8 Å². The van der Waals surface area contributed by atoms with Gasteiger partial charge >= 0.3 is 0 Å². The molecule has 0 aromatic heterocycles. The van der Waals surface area contributed by atoms with Crippen LogP contribution >= 0.6 is 0 Å². The molecule has 0 aliphatic carbocycles. The van der Waals surface area contributed by atoms with Gasteiger partial charge in [-0.15, -0.1) is 0 Å². The highest BCUT2D eigenvalue weighted by Gasteiger charge is 2.03. The van der Waals surface area contributed by atoms with Gasteiger partial charge in [-0.2, -0.15) is 10.2 Å². The Kier molecular flexibility index (Phi) is 12.9. The summed E-state index contributed by atoms with van der Waals surface area (Å²) in [5.41, 5.74) is 7.01. The number of nitrogens with one attached hydrogen (secondary N) is 2. The molecule has 0 bridgehead atoms. The SMILES string of the molecule is CCC/C(C)=N\NC(=O)CCCCCC(=O)N/N=C(/C)CCC. The number of amides is 2. The number of carbonyl (C=O) groups is 2. The van der Waals surface area contributed by atoms with Crippen LogP contribution in [0.25, 0.3) is 0 Å². The maximum Gasteiger partial charge on any atom is 0.240 e. The largest absolute Gasteiger partial charge is 0.273 e. The van der Waals surface area contributed by atoms with Crippen LogP contribution in [-0.2, 0) is 9.59 Å². The smallest absolute Gasteiger partial charge is 0.240 e. The molecule has 0 radical (unpaired) electrons. The Hall–Kier alpha value is -1.72. The zero-order chi connectivity index (χ0) is 17.5. The third-order valence-electron chi connectivity index (χ3n) is 3.27. The Morgan fingerprint density at radius 1 is 0.696 bits per heavy atom. The van der Waals surface area contributed by atoms with Crippen LogP contribution in [-0.4, -0.2) is 23.2 Å². The van der Waals surface area contributed by atoms with Gasteiger partial charge in [-0.3, -0.25) is 9.59 Å². The molecule has 0 fully saturated rings. The Bertz CT molecular complexity index is 379. The summed E-state index contributed by atoms with van der Waals surface area (Å²) in [5.74, 6) is -0.130. The summed E-state index contributed by atoms with van der Waals surface area (Å²) in [6.45, 7) is 7.97. The van der Waals surface area contributed by atoms with Gasteiger partial charge in [0, 0.05) is 24.3 Å². The number of carbonyl (C=O) groups excluding carboxylic acids is 2. The molecule has 6 heteroatoms. The molecule has 0 aliphatic rings. The van der Waals surface area contributed by atoms with Crippen molar-refractivity contribution in [1.29, 1.82) is 0 Å². The van der Waals surface area contributed by atoms with Crippen molar-refractivity contribution >= 4 is 23.2 Å². The monoisotopic (exact) mass is 324 g/mol. The third kappa shape index (κ3) is 13.7. The molecular formula is C17H32N4O2. The maximum atomic E-state index is 11.6. The second kappa shape index (κ2) is 13.9. The van der Waals surface area contributed by atoms with Gasteiger partial charge in [0.2, 0.25) is 11.8 Å². The van der Waals surface area contributed by atoms with Gasteiger partial charge in [-0.1, -0.05) is 33.1 Å². The minimum atomic E-state index is -0.0651. The second-order valence-electron chi connectivity index (χ2n) is 5.82. The van der Waals surface area contributed by atoms with Crippen LogP contribution in [0.4, 0.5) is 0 Å². The first kappa shape index (κ1) is 21.3. The molecule has 0 aliphatic heterocycles. The topological polar surface area (TPSA) is 82.9 Å². The van der Waals surface area contributed by atoms with E-state index in [0.29, 0.717) is 12.8 Å². The van der Waals surface area contributed by atoms with E-state index in [9.17, 15) is 9.59 Å². The van der Waals surface area contributed by atoms with Crippen LogP contribution in [0, 0.1) is 0 Å². The predicted molar refractivity (Wildman–Crippen MR) is 95.4 cm³/mol. The first-order valence-electron chi connectivity index (χ1n) is 8.63. The van der Waals surface area contributed by atoms with Crippen molar-refractivity contribution in [3.05, 3.63) is 0 Å². The summed E-state index contributed by atoms with van der Waals surface area (Å²) in [6, 6.07) is 0. The molecule has 2 N–H and O–H groups in total. The lowest BCUT2D eigenvalue weighted by atomic mass is 10.1. The van der Waals surface area contributed by atoms with Gasteiger partial charge in [0.15, 0.2) is 0 Å². The molecular weight excluding hydrogens is 292 g/mol. The molecule has 0 unspecified atom stereocenters. The molecule has 0 saturated carbocycles. The van der Waals surface area contributed by atoms with Crippen LogP contribution in [0.1, 0.15) is 85.5 Å². The molecule has 132 valence electrons. The van der Waals surface area contributed by atoms with Gasteiger partial charge in [0.25, 0.3) is 0 Å². The average Bonchev–Trinajstić information content (AvgIpc) is 2.51. The van der Waals surface area contributed by atoms with Crippen LogP contribution in [0.3, 0.4) is 0 Å². The first-order chi connectivity index (χ1) is 11.0. The van der Waals surface area contributed by atoms with E-state index in [1.54, 1.807) is 0 Å². The summed E-state index contributed by atoms with van der Waals surface area (Å²) in [7, 11) is 0. The maximum absolute atomic E-state index is 11.6. The van der Waals surface area contributed by atoms with E-state index in [2.05, 4.69) is 34.9 Å². The Morgan fingerprint density at radius 2 is 1.09 bits per heavy atom. The fourth-order valence-corrected chi connectivity index (χ4v) is 2.01. The lowest BCUT2D eigenvalue weighted by Crippen LogP contribution is -2.19. The van der Waals surface area contributed by atoms with Gasteiger partial charge in [0.1, 0.15) is 0 Å². The molecule has 2 amide bonds. The first-order valence-corrected chi connectivity index (χ1v) is 8.63. The highest BCUT2D eigenvalue weighted by Crippen LogP contribution is 2.03. The molecule has 0 rings (SSSR count). The summed E-state index contributed by atoms with van der Waals surface area (Å²) in [5, 5.41) is 8.07. The van der Waals surface area contributed by atoms with E-state index >= 15 is 0 Å². The van der Waals surface area contributed by atoms with Crippen LogP contribution < -0.4 is 10.9 Å². The summed E-state index contributed by atoms with van der Waals surface area (Å²) < 4.78 is 0. The molecule has 0 atom stereocenters. The van der Waals surface area contributed by atoms with Crippen molar-refractivity contribution in [2.45, 2.75) is 85.5 Å². The second-order valence-corrected chi connectivity index (χ2v) is 5.82. The van der Waals surface area contributed by atoms with Crippen molar-refractivity contribution < 1.29 is 9.59 Å². The van der Waals surface area contributed by atoms with Gasteiger partial charge in [-0.25, -0.2) is 10.9 Å². The van der Waals surface area contributed by atoms with Crippen molar-refractivity contribution in [3.63, 3.8) is 0 Å². The molecule has 0 saturated heterocycles. The van der Waals surface area contributed by atoms with Gasteiger partial charge < -0.3 is 0 Å². The predicted octanol–water partition coefficient (Wildman–Crippen LogP) is 3.52.